The Morgan fingerprint density at radius 1 is 1.05 bits per heavy atom. The zero-order valence-corrected chi connectivity index (χ0v) is 13.5. The van der Waals surface area contributed by atoms with Gasteiger partial charge in [-0.15, -0.1) is 35.9 Å². The number of nitrogens with zero attached hydrogens (tertiary/aromatic N) is 1. The largest absolute Gasteiger partial charge is 0.331 e. The zero-order chi connectivity index (χ0) is 12.6. The average molecular weight is 427 g/mol. The first kappa shape index (κ1) is 14.2. The Bertz CT molecular complexity index is 600. The van der Waals surface area contributed by atoms with Crippen molar-refractivity contribution in [2.45, 2.75) is 25.8 Å². The van der Waals surface area contributed by atoms with Crippen molar-refractivity contribution in [1.29, 1.82) is 0 Å². The summed E-state index contributed by atoms with van der Waals surface area (Å²) in [5, 5.41) is 0. The first-order chi connectivity index (χ1) is 8.69. The molecule has 0 aromatic heterocycles. The molecule has 0 fully saturated rings. The van der Waals surface area contributed by atoms with Gasteiger partial charge in [0.1, 0.15) is 0 Å². The molecule has 3 rings (SSSR count). The minimum absolute atomic E-state index is 0. The van der Waals surface area contributed by atoms with E-state index in [-0.39, 0.29) is 25.5 Å². The Labute approximate surface area is 128 Å². The van der Waals surface area contributed by atoms with Crippen LogP contribution in [0.5, 0.6) is 0 Å². The van der Waals surface area contributed by atoms with Crippen molar-refractivity contribution in [3.05, 3.63) is 71.3 Å². The molecule has 2 heteroatoms. The van der Waals surface area contributed by atoms with Crippen molar-refractivity contribution in [3.63, 3.8) is 0 Å². The zero-order valence-electron chi connectivity index (χ0n) is 11.1. The monoisotopic (exact) mass is 427 g/mol. The van der Waals surface area contributed by atoms with Gasteiger partial charge in [-0.05, 0) is 22.3 Å². The van der Waals surface area contributed by atoms with E-state index in [0.717, 1.165) is 17.8 Å². The summed E-state index contributed by atoms with van der Waals surface area (Å²) in [4.78, 5) is 4.78. The summed E-state index contributed by atoms with van der Waals surface area (Å²) < 4.78 is 0. The number of hydrogen-bond donors (Lipinski definition) is 0. The maximum atomic E-state index is 4.78. The predicted molar refractivity (Wildman–Crippen MR) is 75.0 cm³/mol. The molecule has 0 bridgehead atoms. The Morgan fingerprint density at radius 3 is 2.53 bits per heavy atom. The third-order valence-corrected chi connectivity index (χ3v) is 3.65. The minimum atomic E-state index is -0.0489. The van der Waals surface area contributed by atoms with Gasteiger partial charge in [-0.25, -0.2) is 0 Å². The fourth-order valence-electron chi connectivity index (χ4n) is 2.72. The summed E-state index contributed by atoms with van der Waals surface area (Å²) in [6.07, 6.45) is 0. The van der Waals surface area contributed by atoms with Gasteiger partial charge in [0, 0.05) is 20.1 Å². The van der Waals surface area contributed by atoms with E-state index < -0.39 is 0 Å². The molecule has 1 aliphatic rings. The SMILES string of the molecule is CC1(C)C(c2[c-]cccc2)=NCc2ccccc21.[Ir]. The molecule has 19 heavy (non-hydrogen) atoms. The van der Waals surface area contributed by atoms with Crippen LogP contribution in [-0.2, 0) is 32.1 Å². The van der Waals surface area contributed by atoms with Crippen molar-refractivity contribution in [1.82, 2.24) is 0 Å². The molecule has 2 aromatic rings. The maximum absolute atomic E-state index is 4.78. The molecule has 1 radical (unpaired) electrons. The number of aliphatic imine (C=N–C) groups is 1. The Morgan fingerprint density at radius 2 is 1.79 bits per heavy atom. The van der Waals surface area contributed by atoms with Gasteiger partial charge in [-0.2, -0.15) is 0 Å². The van der Waals surface area contributed by atoms with Crippen LogP contribution in [0.1, 0.15) is 30.5 Å². The van der Waals surface area contributed by atoms with Crippen molar-refractivity contribution >= 4 is 5.71 Å². The van der Waals surface area contributed by atoms with E-state index in [9.17, 15) is 0 Å². The van der Waals surface area contributed by atoms with Gasteiger partial charge in [0.05, 0.1) is 6.54 Å². The Hall–Kier alpha value is -1.24. The maximum Gasteiger partial charge on any atom is 0.0539 e. The Balaban J connectivity index is 0.00000133. The van der Waals surface area contributed by atoms with Gasteiger partial charge in [0.15, 0.2) is 0 Å². The van der Waals surface area contributed by atoms with Crippen LogP contribution in [0.3, 0.4) is 0 Å². The van der Waals surface area contributed by atoms with Crippen LogP contribution < -0.4 is 0 Å². The summed E-state index contributed by atoms with van der Waals surface area (Å²) in [6, 6.07) is 20.0. The van der Waals surface area contributed by atoms with Crippen LogP contribution in [-0.4, -0.2) is 5.71 Å². The van der Waals surface area contributed by atoms with E-state index in [1.54, 1.807) is 0 Å². The third-order valence-electron chi connectivity index (χ3n) is 3.65. The molecule has 0 spiro atoms. The van der Waals surface area contributed by atoms with Crippen LogP contribution in [0.2, 0.25) is 0 Å². The van der Waals surface area contributed by atoms with Crippen LogP contribution >= 0.6 is 0 Å². The van der Waals surface area contributed by atoms with Gasteiger partial charge in [-0.1, -0.05) is 38.1 Å². The van der Waals surface area contributed by atoms with Crippen LogP contribution in [0, 0.1) is 6.07 Å². The van der Waals surface area contributed by atoms with E-state index in [1.807, 2.05) is 18.2 Å². The molecule has 1 aliphatic heterocycles. The van der Waals surface area contributed by atoms with E-state index in [0.29, 0.717) is 0 Å². The molecule has 0 N–H and O–H groups in total. The predicted octanol–water partition coefficient (Wildman–Crippen LogP) is 3.76. The molecule has 2 aromatic carbocycles. The molecule has 1 heterocycles. The minimum Gasteiger partial charge on any atom is -0.331 e. The standard InChI is InChI=1S/C17H16N.Ir/c1-17(2)15-11-7-6-10-14(15)12-18-16(17)13-8-4-3-5-9-13;/h3-8,10-11H,12H2,1-2H3;/q-1;. The molecule has 99 valence electrons. The van der Waals surface area contributed by atoms with Crippen molar-refractivity contribution in [2.75, 3.05) is 0 Å². The molecular weight excluding hydrogens is 410 g/mol. The van der Waals surface area contributed by atoms with Crippen LogP contribution in [0.25, 0.3) is 0 Å². The topological polar surface area (TPSA) is 12.4 Å². The smallest absolute Gasteiger partial charge is 0.0539 e. The molecule has 0 saturated heterocycles. The summed E-state index contributed by atoms with van der Waals surface area (Å²) in [7, 11) is 0. The number of rotatable bonds is 1. The molecule has 1 nitrogen and oxygen atoms in total. The van der Waals surface area contributed by atoms with Crippen LogP contribution in [0.4, 0.5) is 0 Å². The summed E-state index contributed by atoms with van der Waals surface area (Å²) in [6.45, 7) is 5.26. The second-order valence-corrected chi connectivity index (χ2v) is 5.22. The molecule has 0 saturated carbocycles. The molecule has 0 atom stereocenters. The summed E-state index contributed by atoms with van der Waals surface area (Å²) in [5.74, 6) is 0. The fourth-order valence-corrected chi connectivity index (χ4v) is 2.72. The normalized spacial score (nSPS) is 16.0. The second-order valence-electron chi connectivity index (χ2n) is 5.22. The van der Waals surface area contributed by atoms with E-state index in [4.69, 9.17) is 4.99 Å². The summed E-state index contributed by atoms with van der Waals surface area (Å²) >= 11 is 0. The number of fused-ring (bicyclic) bond motifs is 1. The van der Waals surface area contributed by atoms with E-state index in [1.165, 1.54) is 11.1 Å². The van der Waals surface area contributed by atoms with Gasteiger partial charge in [-0.3, -0.25) is 0 Å². The first-order valence-corrected chi connectivity index (χ1v) is 6.30. The number of benzene rings is 2. The average Bonchev–Trinajstić information content (AvgIpc) is 2.40. The van der Waals surface area contributed by atoms with Gasteiger partial charge in [0.2, 0.25) is 0 Å². The fraction of sp³-hybridized carbons (Fsp3) is 0.235. The molecular formula is C17H16IrN-. The van der Waals surface area contributed by atoms with Gasteiger partial charge >= 0.3 is 0 Å². The van der Waals surface area contributed by atoms with Crippen LogP contribution in [0.15, 0.2) is 53.5 Å². The second kappa shape index (κ2) is 5.40. The summed E-state index contributed by atoms with van der Waals surface area (Å²) in [5.41, 5.74) is 4.92. The first-order valence-electron chi connectivity index (χ1n) is 6.30. The van der Waals surface area contributed by atoms with E-state index >= 15 is 0 Å². The molecule has 0 amide bonds. The van der Waals surface area contributed by atoms with Gasteiger partial charge < -0.3 is 4.99 Å². The quantitative estimate of drug-likeness (QED) is 0.616. The number of hydrogen-bond acceptors (Lipinski definition) is 1. The van der Waals surface area contributed by atoms with Crippen molar-refractivity contribution < 1.29 is 20.1 Å². The van der Waals surface area contributed by atoms with Crippen molar-refractivity contribution in [2.24, 2.45) is 4.99 Å². The Kier molecular flexibility index (Phi) is 4.03. The van der Waals surface area contributed by atoms with Crippen molar-refractivity contribution in [3.8, 4) is 0 Å². The molecule has 0 aliphatic carbocycles. The third kappa shape index (κ3) is 2.43. The van der Waals surface area contributed by atoms with Gasteiger partial charge in [0.25, 0.3) is 0 Å². The van der Waals surface area contributed by atoms with E-state index in [2.05, 4.69) is 50.2 Å². The molecule has 0 unspecified atom stereocenters.